The number of hydrogen-bond acceptors (Lipinski definition) is 6. The SMILES string of the molecule is O=C1C=C2C(=CC1=O)[C@@H]1C3=C(C(=O)C4=C(C3=O)[C@H]3C5=CC(=O)C(=O)C=C5C4c4ccccc43)C2c2ccccc21. The van der Waals surface area contributed by atoms with Gasteiger partial charge in [-0.05, 0) is 68.9 Å². The summed E-state index contributed by atoms with van der Waals surface area (Å²) < 4.78 is 0. The molecule has 0 N–H and O–H groups in total. The number of Topliss-reactive ketones (excluding diaryl/α,β-unsaturated/α-hetero) is 2. The number of hydrogen-bond donors (Lipinski definition) is 0. The Kier molecular flexibility index (Phi) is 3.76. The topological polar surface area (TPSA) is 102 Å². The Morgan fingerprint density at radius 2 is 0.575 bits per heavy atom. The van der Waals surface area contributed by atoms with Crippen LogP contribution < -0.4 is 0 Å². The number of rotatable bonds is 0. The van der Waals surface area contributed by atoms with E-state index < -0.39 is 46.8 Å². The third-order valence-electron chi connectivity index (χ3n) is 9.49. The molecule has 9 aliphatic rings. The summed E-state index contributed by atoms with van der Waals surface area (Å²) in [4.78, 5) is 79.5. The lowest BCUT2D eigenvalue weighted by atomic mass is 9.49. The third kappa shape index (κ3) is 2.29. The first-order chi connectivity index (χ1) is 19.4. The Labute approximate surface area is 226 Å². The minimum absolute atomic E-state index is 0.271. The standard InChI is InChI=1S/C34H16O6/c35-21-9-17-18(10-22(21)36)26-14-6-2-1-5-13(14)25(17)29-30(26)34(40)32-28-16-8-4-3-7-15(16)27(31(32)33(29)39)19-11-23(37)24(38)12-20(19)28/h1-12,25-28H/t25-,26?,27-,28?/m1/s1. The van der Waals surface area contributed by atoms with E-state index in [-0.39, 0.29) is 11.6 Å². The van der Waals surface area contributed by atoms with E-state index in [1.165, 1.54) is 24.3 Å². The van der Waals surface area contributed by atoms with Gasteiger partial charge in [0.05, 0.1) is 0 Å². The number of benzene rings is 2. The molecule has 6 nitrogen and oxygen atoms in total. The molecule has 2 aromatic rings. The maximum absolute atomic E-state index is 14.7. The van der Waals surface area contributed by atoms with Gasteiger partial charge < -0.3 is 0 Å². The van der Waals surface area contributed by atoms with Gasteiger partial charge in [-0.1, -0.05) is 48.5 Å². The predicted octanol–water partition coefficient (Wildman–Crippen LogP) is 3.53. The Morgan fingerprint density at radius 3 is 0.800 bits per heavy atom. The number of ketones is 6. The van der Waals surface area contributed by atoms with Crippen LogP contribution in [0, 0.1) is 0 Å². The van der Waals surface area contributed by atoms with E-state index in [9.17, 15) is 28.8 Å². The quantitative estimate of drug-likeness (QED) is 0.299. The van der Waals surface area contributed by atoms with Crippen molar-refractivity contribution < 1.29 is 28.8 Å². The van der Waals surface area contributed by atoms with E-state index in [0.717, 1.165) is 22.3 Å². The Morgan fingerprint density at radius 1 is 0.350 bits per heavy atom. The summed E-state index contributed by atoms with van der Waals surface area (Å²) in [5.41, 5.74) is 7.19. The second kappa shape index (κ2) is 6.90. The average Bonchev–Trinajstić information content (AvgIpc) is 2.96. The zero-order valence-electron chi connectivity index (χ0n) is 20.7. The monoisotopic (exact) mass is 520 g/mol. The first-order valence-electron chi connectivity index (χ1n) is 13.2. The number of allylic oxidation sites excluding steroid dienone is 12. The molecule has 2 aromatic carbocycles. The molecule has 0 heterocycles. The summed E-state index contributed by atoms with van der Waals surface area (Å²) in [6.45, 7) is 0. The molecule has 2 unspecified atom stereocenters. The highest BCUT2D eigenvalue weighted by atomic mass is 16.2. The lowest BCUT2D eigenvalue weighted by molar-refractivity contribution is -0.131. The van der Waals surface area contributed by atoms with E-state index >= 15 is 0 Å². The second-order valence-electron chi connectivity index (χ2n) is 11.2. The zero-order valence-corrected chi connectivity index (χ0v) is 20.7. The predicted molar refractivity (Wildman–Crippen MR) is 140 cm³/mol. The van der Waals surface area contributed by atoms with E-state index in [2.05, 4.69) is 0 Å². The average molecular weight is 520 g/mol. The molecule has 9 aliphatic carbocycles. The van der Waals surface area contributed by atoms with Gasteiger partial charge in [-0.2, -0.15) is 0 Å². The summed E-state index contributed by atoms with van der Waals surface area (Å²) in [7, 11) is 0. The van der Waals surface area contributed by atoms with Crippen LogP contribution in [0.4, 0.5) is 0 Å². The van der Waals surface area contributed by atoms with Gasteiger partial charge in [-0.25, -0.2) is 0 Å². The van der Waals surface area contributed by atoms with Crippen LogP contribution in [0.15, 0.2) is 117 Å². The van der Waals surface area contributed by atoms with Crippen molar-refractivity contribution in [2.24, 2.45) is 0 Å². The molecular weight excluding hydrogens is 504 g/mol. The lowest BCUT2D eigenvalue weighted by Crippen LogP contribution is -2.46. The van der Waals surface area contributed by atoms with Gasteiger partial charge in [-0.3, -0.25) is 28.8 Å². The van der Waals surface area contributed by atoms with Crippen molar-refractivity contribution >= 4 is 34.7 Å². The normalized spacial score (nSPS) is 28.7. The van der Waals surface area contributed by atoms with E-state index in [4.69, 9.17) is 0 Å². The molecule has 6 heteroatoms. The Balaban J connectivity index is 1.35. The van der Waals surface area contributed by atoms with Crippen molar-refractivity contribution in [2.75, 3.05) is 0 Å². The maximum atomic E-state index is 14.7. The molecule has 0 fully saturated rings. The van der Waals surface area contributed by atoms with Gasteiger partial charge in [0.2, 0.25) is 23.1 Å². The minimum Gasteiger partial charge on any atom is -0.289 e. The van der Waals surface area contributed by atoms with Crippen molar-refractivity contribution in [2.45, 2.75) is 23.7 Å². The summed E-state index contributed by atoms with van der Waals surface area (Å²) >= 11 is 0. The van der Waals surface area contributed by atoms with Gasteiger partial charge in [0, 0.05) is 46.0 Å². The van der Waals surface area contributed by atoms with Crippen LogP contribution in [0.3, 0.4) is 0 Å². The molecule has 0 saturated heterocycles. The van der Waals surface area contributed by atoms with E-state index in [0.29, 0.717) is 44.6 Å². The molecule has 0 radical (unpaired) electrons. The van der Waals surface area contributed by atoms with Gasteiger partial charge in [-0.15, -0.1) is 0 Å². The van der Waals surface area contributed by atoms with Gasteiger partial charge in [0.15, 0.2) is 11.6 Å². The largest absolute Gasteiger partial charge is 0.289 e. The maximum Gasteiger partial charge on any atom is 0.226 e. The number of carbonyl (C=O) groups excluding carboxylic acids is 6. The molecule has 0 amide bonds. The molecule has 11 rings (SSSR count). The second-order valence-corrected chi connectivity index (χ2v) is 11.2. The van der Waals surface area contributed by atoms with Crippen molar-refractivity contribution in [3.05, 3.63) is 140 Å². The molecule has 4 bridgehead atoms. The molecule has 40 heavy (non-hydrogen) atoms. The molecule has 0 aliphatic heterocycles. The Bertz CT molecular complexity index is 1740. The van der Waals surface area contributed by atoms with Crippen LogP contribution in [-0.4, -0.2) is 34.7 Å². The molecule has 0 spiro atoms. The van der Waals surface area contributed by atoms with E-state index in [1.54, 1.807) is 0 Å². The molecule has 0 aromatic heterocycles. The van der Waals surface area contributed by atoms with E-state index in [1.807, 2.05) is 48.5 Å². The molecular formula is C34H16O6. The fraction of sp³-hybridized carbons (Fsp3) is 0.118. The highest BCUT2D eigenvalue weighted by molar-refractivity contribution is 6.48. The van der Waals surface area contributed by atoms with Crippen molar-refractivity contribution in [3.8, 4) is 0 Å². The van der Waals surface area contributed by atoms with Gasteiger partial charge in [0.25, 0.3) is 0 Å². The van der Waals surface area contributed by atoms with Crippen LogP contribution in [-0.2, 0) is 28.8 Å². The molecule has 4 atom stereocenters. The van der Waals surface area contributed by atoms with Crippen LogP contribution in [0.5, 0.6) is 0 Å². The van der Waals surface area contributed by atoms with Gasteiger partial charge in [0.1, 0.15) is 0 Å². The van der Waals surface area contributed by atoms with Crippen LogP contribution in [0.25, 0.3) is 0 Å². The summed E-state index contributed by atoms with van der Waals surface area (Å²) in [6.07, 6.45) is 5.31. The van der Waals surface area contributed by atoms with Crippen LogP contribution in [0.2, 0.25) is 0 Å². The molecule has 0 saturated carbocycles. The lowest BCUT2D eigenvalue weighted by Gasteiger charge is -2.51. The van der Waals surface area contributed by atoms with Crippen molar-refractivity contribution in [3.63, 3.8) is 0 Å². The summed E-state index contributed by atoms with van der Waals surface area (Å²) in [6, 6.07) is 15.1. The minimum atomic E-state index is -0.653. The fourth-order valence-corrected chi connectivity index (χ4v) is 8.10. The Hall–Kier alpha value is -5.10. The first kappa shape index (κ1) is 21.8. The summed E-state index contributed by atoms with van der Waals surface area (Å²) in [5, 5.41) is 0. The molecule has 188 valence electrons. The fourth-order valence-electron chi connectivity index (χ4n) is 8.10. The summed E-state index contributed by atoms with van der Waals surface area (Å²) in [5.74, 6) is -5.73. The van der Waals surface area contributed by atoms with Crippen LogP contribution in [0.1, 0.15) is 45.9 Å². The van der Waals surface area contributed by atoms with Crippen molar-refractivity contribution in [1.29, 1.82) is 0 Å². The highest BCUT2D eigenvalue weighted by Crippen LogP contribution is 2.66. The van der Waals surface area contributed by atoms with Crippen LogP contribution >= 0.6 is 0 Å². The highest BCUT2D eigenvalue weighted by Gasteiger charge is 2.59. The smallest absolute Gasteiger partial charge is 0.226 e. The third-order valence-corrected chi connectivity index (χ3v) is 9.49. The first-order valence-corrected chi connectivity index (χ1v) is 13.2. The zero-order chi connectivity index (χ0) is 27.2. The number of carbonyl (C=O) groups is 6. The van der Waals surface area contributed by atoms with Crippen molar-refractivity contribution in [1.82, 2.24) is 0 Å². The van der Waals surface area contributed by atoms with Gasteiger partial charge >= 0.3 is 0 Å².